The van der Waals surface area contributed by atoms with Crippen LogP contribution in [0.3, 0.4) is 0 Å². The first kappa shape index (κ1) is 25.3. The summed E-state index contributed by atoms with van der Waals surface area (Å²) >= 11 is 4.64. The number of esters is 1. The van der Waals surface area contributed by atoms with E-state index in [9.17, 15) is 13.2 Å². The van der Waals surface area contributed by atoms with Gasteiger partial charge in [-0.3, -0.25) is 9.35 Å². The number of hydrogen-bond acceptors (Lipinski definition) is 5. The second kappa shape index (κ2) is 14.4. The fraction of sp³-hybridized carbons (Fsp3) is 0.375. The molecule has 0 aromatic rings. The van der Waals surface area contributed by atoms with Crippen molar-refractivity contribution in [3.8, 4) is 0 Å². The molecule has 0 atom stereocenters. The third kappa shape index (κ3) is 16.7. The van der Waals surface area contributed by atoms with E-state index in [0.29, 0.717) is 16.4 Å². The lowest BCUT2D eigenvalue weighted by atomic mass is 10.2. The molecule has 0 saturated carbocycles. The van der Waals surface area contributed by atoms with E-state index in [0.717, 1.165) is 6.42 Å². The van der Waals surface area contributed by atoms with E-state index in [1.807, 2.05) is 13.0 Å². The smallest absolute Gasteiger partial charge is 0.308 e. The van der Waals surface area contributed by atoms with E-state index in [1.165, 1.54) is 6.92 Å². The summed E-state index contributed by atoms with van der Waals surface area (Å²) in [6.45, 7) is 10.7. The van der Waals surface area contributed by atoms with Gasteiger partial charge in [0.05, 0.1) is 5.75 Å². The summed E-state index contributed by atoms with van der Waals surface area (Å²) in [5, 5.41) is 5.52. The molecule has 142 valence electrons. The molecule has 0 radical (unpaired) electrons. The van der Waals surface area contributed by atoms with E-state index in [1.54, 1.807) is 25.3 Å². The molecule has 0 spiro atoms. The standard InChI is InChI=1S/C12H16O2.C4H10N2O3S2/c1-5-8-9-12(14-10(4)13)11(6-2)7-3;1-5-4(10)6-2-3-11(7,8)9/h6-9H,2-3,5H2,1,4H3;2-3H2,1H3,(H2,5,6,10)(H,7,8,9)/b9-8-;. The molecule has 0 heterocycles. The summed E-state index contributed by atoms with van der Waals surface area (Å²) in [6, 6.07) is 0. The minimum atomic E-state index is -3.88. The molecule has 0 aliphatic heterocycles. The summed E-state index contributed by atoms with van der Waals surface area (Å²) in [4.78, 5) is 10.8. The number of allylic oxidation sites excluding steroid dienone is 5. The number of hydrogen-bond donors (Lipinski definition) is 3. The summed E-state index contributed by atoms with van der Waals surface area (Å²) < 4.78 is 33.6. The van der Waals surface area contributed by atoms with Crippen molar-refractivity contribution in [3.63, 3.8) is 0 Å². The van der Waals surface area contributed by atoms with Crippen LogP contribution in [0, 0.1) is 0 Å². The zero-order valence-corrected chi connectivity index (χ0v) is 16.4. The van der Waals surface area contributed by atoms with Crippen molar-refractivity contribution in [1.29, 1.82) is 0 Å². The average Bonchev–Trinajstić information content (AvgIpc) is 2.52. The fourth-order valence-corrected chi connectivity index (χ4v) is 1.70. The molecule has 0 saturated heterocycles. The zero-order chi connectivity index (χ0) is 19.9. The highest BCUT2D eigenvalue weighted by molar-refractivity contribution is 7.85. The second-order valence-corrected chi connectivity index (χ2v) is 6.40. The molecule has 0 aliphatic carbocycles. The maximum Gasteiger partial charge on any atom is 0.308 e. The number of carbonyl (C=O) groups is 1. The molecule has 0 aliphatic rings. The molecule has 0 amide bonds. The van der Waals surface area contributed by atoms with Crippen LogP contribution in [-0.4, -0.2) is 43.4 Å². The Labute approximate surface area is 155 Å². The second-order valence-electron chi connectivity index (χ2n) is 4.42. The van der Waals surface area contributed by atoms with Gasteiger partial charge in [0.2, 0.25) is 0 Å². The molecule has 25 heavy (non-hydrogen) atoms. The van der Waals surface area contributed by atoms with Gasteiger partial charge in [-0.15, -0.1) is 0 Å². The minimum absolute atomic E-state index is 0.110. The van der Waals surface area contributed by atoms with Gasteiger partial charge < -0.3 is 15.4 Å². The van der Waals surface area contributed by atoms with Crippen LogP contribution in [0.5, 0.6) is 0 Å². The van der Waals surface area contributed by atoms with Crippen LogP contribution in [0.1, 0.15) is 20.3 Å². The maximum absolute atomic E-state index is 10.8. The van der Waals surface area contributed by atoms with Gasteiger partial charge in [0.15, 0.2) is 5.11 Å². The molecule has 0 fully saturated rings. The van der Waals surface area contributed by atoms with Crippen molar-refractivity contribution in [2.75, 3.05) is 19.3 Å². The molecule has 0 rings (SSSR count). The van der Waals surface area contributed by atoms with Crippen LogP contribution in [0.25, 0.3) is 0 Å². The molecular weight excluding hydrogens is 364 g/mol. The Bertz CT molecular complexity index is 612. The first-order valence-corrected chi connectivity index (χ1v) is 9.37. The Morgan fingerprint density at radius 1 is 1.32 bits per heavy atom. The Morgan fingerprint density at radius 2 is 1.88 bits per heavy atom. The van der Waals surface area contributed by atoms with Crippen LogP contribution in [0.15, 0.2) is 48.8 Å². The van der Waals surface area contributed by atoms with E-state index in [-0.39, 0.29) is 18.3 Å². The number of nitrogens with one attached hydrogen (secondary N) is 2. The Balaban J connectivity index is 0. The zero-order valence-electron chi connectivity index (χ0n) is 14.7. The van der Waals surface area contributed by atoms with Gasteiger partial charge in [-0.2, -0.15) is 8.42 Å². The molecule has 0 unspecified atom stereocenters. The van der Waals surface area contributed by atoms with Crippen molar-refractivity contribution < 1.29 is 22.5 Å². The average molecular weight is 391 g/mol. The van der Waals surface area contributed by atoms with E-state index >= 15 is 0 Å². The van der Waals surface area contributed by atoms with Gasteiger partial charge in [0, 0.05) is 26.1 Å². The topological polar surface area (TPSA) is 105 Å². The van der Waals surface area contributed by atoms with E-state index < -0.39 is 10.1 Å². The van der Waals surface area contributed by atoms with Gasteiger partial charge in [-0.1, -0.05) is 38.3 Å². The van der Waals surface area contributed by atoms with Crippen LogP contribution in [0.4, 0.5) is 0 Å². The monoisotopic (exact) mass is 390 g/mol. The summed E-state index contributed by atoms with van der Waals surface area (Å²) in [6.07, 6.45) is 7.74. The van der Waals surface area contributed by atoms with Crippen molar-refractivity contribution >= 4 is 33.4 Å². The van der Waals surface area contributed by atoms with Crippen molar-refractivity contribution in [3.05, 3.63) is 48.8 Å². The number of carbonyl (C=O) groups excluding carboxylic acids is 1. The Kier molecular flexibility index (Phi) is 14.5. The van der Waals surface area contributed by atoms with Gasteiger partial charge in [0.1, 0.15) is 5.76 Å². The van der Waals surface area contributed by atoms with E-state index in [4.69, 9.17) is 9.29 Å². The molecule has 7 nitrogen and oxygen atoms in total. The number of rotatable bonds is 8. The third-order valence-electron chi connectivity index (χ3n) is 2.36. The fourth-order valence-electron chi connectivity index (χ4n) is 1.24. The lowest BCUT2D eigenvalue weighted by Crippen LogP contribution is -2.35. The van der Waals surface area contributed by atoms with Crippen molar-refractivity contribution in [1.82, 2.24) is 10.6 Å². The third-order valence-corrected chi connectivity index (χ3v) is 3.42. The highest BCUT2D eigenvalue weighted by Gasteiger charge is 2.03. The highest BCUT2D eigenvalue weighted by atomic mass is 32.2. The van der Waals surface area contributed by atoms with Gasteiger partial charge >= 0.3 is 5.97 Å². The Hall–Kier alpha value is -1.97. The first-order chi connectivity index (χ1) is 11.6. The largest absolute Gasteiger partial charge is 0.426 e. The van der Waals surface area contributed by atoms with E-state index in [2.05, 4.69) is 36.0 Å². The molecule has 0 bridgehead atoms. The minimum Gasteiger partial charge on any atom is -0.426 e. The number of thiocarbonyl (C=S) groups is 1. The number of ether oxygens (including phenoxy) is 1. The van der Waals surface area contributed by atoms with Crippen LogP contribution in [-0.2, 0) is 19.6 Å². The highest BCUT2D eigenvalue weighted by Crippen LogP contribution is 2.11. The van der Waals surface area contributed by atoms with Crippen LogP contribution >= 0.6 is 12.2 Å². The van der Waals surface area contributed by atoms with Gasteiger partial charge in [-0.05, 0) is 24.7 Å². The van der Waals surface area contributed by atoms with Crippen LogP contribution in [0.2, 0.25) is 0 Å². The lowest BCUT2D eigenvalue weighted by Gasteiger charge is -2.04. The molecule has 9 heteroatoms. The first-order valence-electron chi connectivity index (χ1n) is 7.36. The molecule has 0 aromatic heterocycles. The summed E-state index contributed by atoms with van der Waals surface area (Å²) in [5.41, 5.74) is 0.713. The van der Waals surface area contributed by atoms with Gasteiger partial charge in [-0.25, -0.2) is 0 Å². The van der Waals surface area contributed by atoms with Crippen molar-refractivity contribution in [2.45, 2.75) is 20.3 Å². The SMILES string of the molecule is C=CC(C=C)=C(/C=C\CC)OC(C)=O.CNC(=S)NCCS(=O)(=O)O. The quantitative estimate of drug-likeness (QED) is 0.190. The molecular formula is C16H26N2O5S2. The lowest BCUT2D eigenvalue weighted by molar-refractivity contribution is -0.136. The maximum atomic E-state index is 10.8. The van der Waals surface area contributed by atoms with Gasteiger partial charge in [0.25, 0.3) is 10.1 Å². The normalized spacial score (nSPS) is 10.1. The summed E-state index contributed by atoms with van der Waals surface area (Å²) in [7, 11) is -2.26. The predicted molar refractivity (Wildman–Crippen MR) is 105 cm³/mol. The molecule has 0 aromatic carbocycles. The Morgan fingerprint density at radius 3 is 2.24 bits per heavy atom. The molecule has 3 N–H and O–H groups in total. The predicted octanol–water partition coefficient (Wildman–Crippen LogP) is 2.11. The van der Waals surface area contributed by atoms with Crippen molar-refractivity contribution in [2.24, 2.45) is 0 Å². The van der Waals surface area contributed by atoms with Crippen LogP contribution < -0.4 is 10.6 Å². The summed E-state index contributed by atoms with van der Waals surface area (Å²) in [5.74, 6) is -0.194.